The molecule has 4 heteroatoms. The largest absolute Gasteiger partial charge is 0.388 e. The van der Waals surface area contributed by atoms with Crippen LogP contribution in [0.2, 0.25) is 0 Å². The van der Waals surface area contributed by atoms with Crippen LogP contribution in [0.4, 0.5) is 0 Å². The number of hydrogen-bond donors (Lipinski definition) is 2. The number of carbonyl (C=O) groups excluding carboxylic acids is 1. The summed E-state index contributed by atoms with van der Waals surface area (Å²) >= 11 is 0. The summed E-state index contributed by atoms with van der Waals surface area (Å²) in [5.41, 5.74) is 7.92. The highest BCUT2D eigenvalue weighted by molar-refractivity contribution is 5.93. The van der Waals surface area contributed by atoms with Crippen molar-refractivity contribution in [3.05, 3.63) is 71.3 Å². The van der Waals surface area contributed by atoms with Crippen LogP contribution in [0.15, 0.2) is 54.6 Å². The fourth-order valence-electron chi connectivity index (χ4n) is 1.63. The van der Waals surface area contributed by atoms with Gasteiger partial charge in [-0.3, -0.25) is 10.6 Å². The summed E-state index contributed by atoms with van der Waals surface area (Å²) in [6.07, 6.45) is 0. The van der Waals surface area contributed by atoms with Crippen LogP contribution in [0.5, 0.6) is 0 Å². The van der Waals surface area contributed by atoms with Gasteiger partial charge in [0.1, 0.15) is 0 Å². The molecule has 2 aromatic rings. The second-order valence-electron chi connectivity index (χ2n) is 4.09. The third kappa shape index (κ3) is 3.19. The van der Waals surface area contributed by atoms with E-state index in [2.05, 4.69) is 5.16 Å². The van der Waals surface area contributed by atoms with Gasteiger partial charge in [-0.15, -0.1) is 0 Å². The fourth-order valence-corrected chi connectivity index (χ4v) is 1.63. The summed E-state index contributed by atoms with van der Waals surface area (Å²) in [5, 5.41) is 2.47. The Kier molecular flexibility index (Phi) is 3.93. The SMILES string of the molecule is Cc1ccccc1C(=O)O[NH+]=C(N)c1ccccc1. The zero-order chi connectivity index (χ0) is 13.7. The van der Waals surface area contributed by atoms with Crippen molar-refractivity contribution in [3.63, 3.8) is 0 Å². The number of rotatable bonds is 3. The monoisotopic (exact) mass is 255 g/mol. The van der Waals surface area contributed by atoms with Crippen molar-refractivity contribution in [1.29, 1.82) is 0 Å². The zero-order valence-electron chi connectivity index (χ0n) is 10.6. The molecule has 0 spiro atoms. The van der Waals surface area contributed by atoms with Crippen molar-refractivity contribution in [1.82, 2.24) is 0 Å². The molecule has 0 aromatic heterocycles. The number of nitrogens with one attached hydrogen (secondary N) is 1. The lowest BCUT2D eigenvalue weighted by Crippen LogP contribution is -2.75. The van der Waals surface area contributed by atoms with Gasteiger partial charge in [0.2, 0.25) is 0 Å². The van der Waals surface area contributed by atoms with Gasteiger partial charge in [-0.1, -0.05) is 41.6 Å². The van der Waals surface area contributed by atoms with E-state index in [-0.39, 0.29) is 0 Å². The molecule has 0 radical (unpaired) electrons. The Morgan fingerprint density at radius 3 is 2.37 bits per heavy atom. The molecule has 0 saturated heterocycles. The number of nitrogen functional groups attached to an aromatic ring is 1. The van der Waals surface area contributed by atoms with Crippen LogP contribution in [-0.2, 0) is 4.84 Å². The summed E-state index contributed by atoms with van der Waals surface area (Å²) in [4.78, 5) is 16.8. The maximum Gasteiger partial charge on any atom is 0.388 e. The van der Waals surface area contributed by atoms with E-state index in [9.17, 15) is 4.79 Å². The van der Waals surface area contributed by atoms with Crippen molar-refractivity contribution in [2.45, 2.75) is 6.92 Å². The van der Waals surface area contributed by atoms with E-state index in [0.717, 1.165) is 11.1 Å². The molecule has 96 valence electrons. The lowest BCUT2D eigenvalue weighted by molar-refractivity contribution is -0.721. The number of amidine groups is 1. The predicted octanol–water partition coefficient (Wildman–Crippen LogP) is 0.553. The topological polar surface area (TPSA) is 66.3 Å². The number of hydrogen-bond acceptors (Lipinski definition) is 2. The molecule has 0 aliphatic rings. The summed E-state index contributed by atoms with van der Waals surface area (Å²) < 4.78 is 0. The van der Waals surface area contributed by atoms with Gasteiger partial charge in [0.25, 0.3) is 0 Å². The van der Waals surface area contributed by atoms with Crippen LogP contribution in [0, 0.1) is 6.92 Å². The van der Waals surface area contributed by atoms with E-state index in [1.54, 1.807) is 12.1 Å². The highest BCUT2D eigenvalue weighted by atomic mass is 16.7. The Morgan fingerprint density at radius 2 is 1.68 bits per heavy atom. The molecule has 0 fully saturated rings. The van der Waals surface area contributed by atoms with Gasteiger partial charge in [0.05, 0.1) is 11.1 Å². The van der Waals surface area contributed by atoms with Crippen LogP contribution < -0.4 is 10.9 Å². The summed E-state index contributed by atoms with van der Waals surface area (Å²) in [6, 6.07) is 16.4. The van der Waals surface area contributed by atoms with E-state index in [1.165, 1.54) is 0 Å². The number of benzene rings is 2. The van der Waals surface area contributed by atoms with Gasteiger partial charge in [0, 0.05) is 0 Å². The average Bonchev–Trinajstić information content (AvgIpc) is 2.46. The van der Waals surface area contributed by atoms with Crippen LogP contribution >= 0.6 is 0 Å². The first-order valence-corrected chi connectivity index (χ1v) is 5.89. The van der Waals surface area contributed by atoms with Gasteiger partial charge in [0.15, 0.2) is 0 Å². The van der Waals surface area contributed by atoms with Gasteiger partial charge in [-0.2, -0.15) is 0 Å². The standard InChI is InChI=1S/C15H14N2O2/c1-11-7-5-6-10-13(11)15(18)19-17-14(16)12-8-3-2-4-9-12/h2-10H,1H3,(H2,16,17)/p+1. The van der Waals surface area contributed by atoms with Gasteiger partial charge in [-0.25, -0.2) is 4.79 Å². The molecule has 2 aromatic carbocycles. The van der Waals surface area contributed by atoms with Crippen LogP contribution in [-0.4, -0.2) is 11.8 Å². The van der Waals surface area contributed by atoms with E-state index >= 15 is 0 Å². The Labute approximate surface area is 111 Å². The van der Waals surface area contributed by atoms with Crippen LogP contribution in [0.25, 0.3) is 0 Å². The maximum atomic E-state index is 11.8. The number of carbonyl (C=O) groups is 1. The molecule has 0 atom stereocenters. The van der Waals surface area contributed by atoms with Crippen molar-refractivity contribution in [2.75, 3.05) is 0 Å². The Bertz CT molecular complexity index is 607. The lowest BCUT2D eigenvalue weighted by Gasteiger charge is -2.00. The summed E-state index contributed by atoms with van der Waals surface area (Å²) in [7, 11) is 0. The minimum absolute atomic E-state index is 0.294. The highest BCUT2D eigenvalue weighted by Crippen LogP contribution is 2.06. The van der Waals surface area contributed by atoms with E-state index in [0.29, 0.717) is 11.4 Å². The van der Waals surface area contributed by atoms with Gasteiger partial charge in [-0.05, 0) is 30.7 Å². The molecule has 0 bridgehead atoms. The summed E-state index contributed by atoms with van der Waals surface area (Å²) in [6.45, 7) is 1.85. The number of nitrogens with two attached hydrogens (primary N) is 1. The van der Waals surface area contributed by atoms with Crippen molar-refractivity contribution in [3.8, 4) is 0 Å². The minimum atomic E-state index is -0.461. The van der Waals surface area contributed by atoms with Crippen molar-refractivity contribution in [2.24, 2.45) is 5.73 Å². The van der Waals surface area contributed by atoms with Crippen molar-refractivity contribution >= 4 is 11.8 Å². The second-order valence-corrected chi connectivity index (χ2v) is 4.09. The molecule has 0 aliphatic carbocycles. The Hall–Kier alpha value is -2.62. The van der Waals surface area contributed by atoms with Crippen LogP contribution in [0.1, 0.15) is 21.5 Å². The quantitative estimate of drug-likeness (QED) is 0.364. The maximum absolute atomic E-state index is 11.8. The van der Waals surface area contributed by atoms with Crippen LogP contribution in [0.3, 0.4) is 0 Å². The third-order valence-electron chi connectivity index (χ3n) is 2.70. The lowest BCUT2D eigenvalue weighted by atomic mass is 10.1. The molecular formula is C15H15N2O2+. The third-order valence-corrected chi connectivity index (χ3v) is 2.70. The minimum Gasteiger partial charge on any atom is -0.284 e. The zero-order valence-corrected chi connectivity index (χ0v) is 10.6. The van der Waals surface area contributed by atoms with E-state index < -0.39 is 5.97 Å². The first-order valence-electron chi connectivity index (χ1n) is 5.89. The number of aryl methyl sites for hydroxylation is 1. The highest BCUT2D eigenvalue weighted by Gasteiger charge is 2.12. The normalized spacial score (nSPS) is 11.1. The Balaban J connectivity index is 2.11. The molecular weight excluding hydrogens is 240 g/mol. The molecule has 4 nitrogen and oxygen atoms in total. The predicted molar refractivity (Wildman–Crippen MR) is 72.3 cm³/mol. The first kappa shape index (κ1) is 12.8. The van der Waals surface area contributed by atoms with E-state index in [1.807, 2.05) is 49.4 Å². The molecule has 0 amide bonds. The molecule has 0 aliphatic heterocycles. The summed E-state index contributed by atoms with van der Waals surface area (Å²) in [5.74, 6) is -0.167. The Morgan fingerprint density at radius 1 is 1.05 bits per heavy atom. The molecule has 0 unspecified atom stereocenters. The molecule has 2 rings (SSSR count). The van der Waals surface area contributed by atoms with E-state index in [4.69, 9.17) is 10.6 Å². The van der Waals surface area contributed by atoms with Gasteiger partial charge < -0.3 is 0 Å². The molecule has 0 heterocycles. The smallest absolute Gasteiger partial charge is 0.284 e. The second kappa shape index (κ2) is 5.82. The molecule has 3 N–H and O–H groups in total. The van der Waals surface area contributed by atoms with Gasteiger partial charge >= 0.3 is 11.8 Å². The molecule has 0 saturated carbocycles. The van der Waals surface area contributed by atoms with Crippen molar-refractivity contribution < 1.29 is 14.8 Å². The first-order chi connectivity index (χ1) is 9.18. The fraction of sp³-hybridized carbons (Fsp3) is 0.0667. The average molecular weight is 255 g/mol. The molecule has 19 heavy (non-hydrogen) atoms.